The molecule has 2 aromatic rings. The molecule has 138 valence electrons. The molecular formula is C16H19ClF2IN3OS. The van der Waals surface area contributed by atoms with E-state index in [9.17, 15) is 8.78 Å². The largest absolute Gasteiger partial charge is 0.434 e. The number of benzene rings is 1. The van der Waals surface area contributed by atoms with Gasteiger partial charge in [0.15, 0.2) is 5.96 Å². The first-order chi connectivity index (χ1) is 11.6. The number of hydrogen-bond acceptors (Lipinski definition) is 3. The average molecular weight is 502 g/mol. The van der Waals surface area contributed by atoms with Crippen LogP contribution < -0.4 is 15.4 Å². The van der Waals surface area contributed by atoms with Crippen molar-refractivity contribution in [2.75, 3.05) is 13.6 Å². The van der Waals surface area contributed by atoms with Crippen LogP contribution in [0.15, 0.2) is 41.4 Å². The fourth-order valence-corrected chi connectivity index (χ4v) is 3.14. The number of hydrogen-bond donors (Lipinski definition) is 2. The number of nitrogens with zero attached hydrogens (tertiary/aromatic N) is 1. The summed E-state index contributed by atoms with van der Waals surface area (Å²) in [7, 11) is 1.65. The van der Waals surface area contributed by atoms with Crippen molar-refractivity contribution in [2.24, 2.45) is 4.99 Å². The lowest BCUT2D eigenvalue weighted by atomic mass is 10.2. The highest BCUT2D eigenvalue weighted by atomic mass is 127. The number of guanidine groups is 1. The highest BCUT2D eigenvalue weighted by Gasteiger charge is 2.09. The maximum absolute atomic E-state index is 12.4. The molecule has 0 atom stereocenters. The first-order valence-corrected chi connectivity index (χ1v) is 8.49. The highest BCUT2D eigenvalue weighted by Crippen LogP contribution is 2.21. The van der Waals surface area contributed by atoms with Crippen molar-refractivity contribution in [3.63, 3.8) is 0 Å². The second-order valence-corrected chi connectivity index (χ2v) is 6.59. The SMILES string of the molecule is CN=C(NCCc1ccc(Cl)s1)NCc1ccccc1OC(F)F.I. The minimum Gasteiger partial charge on any atom is -0.434 e. The molecule has 9 heteroatoms. The number of halogens is 4. The first kappa shape index (κ1) is 21.9. The monoisotopic (exact) mass is 501 g/mol. The van der Waals surface area contributed by atoms with Gasteiger partial charge in [-0.2, -0.15) is 8.78 Å². The van der Waals surface area contributed by atoms with Crippen molar-refractivity contribution in [1.82, 2.24) is 10.6 Å². The van der Waals surface area contributed by atoms with Crippen LogP contribution in [0.4, 0.5) is 8.78 Å². The Morgan fingerprint density at radius 2 is 2.00 bits per heavy atom. The van der Waals surface area contributed by atoms with Crippen molar-refractivity contribution in [2.45, 2.75) is 19.6 Å². The second kappa shape index (κ2) is 11.5. The normalized spacial score (nSPS) is 11.2. The highest BCUT2D eigenvalue weighted by molar-refractivity contribution is 14.0. The summed E-state index contributed by atoms with van der Waals surface area (Å²) in [4.78, 5) is 5.29. The zero-order valence-corrected chi connectivity index (χ0v) is 17.4. The molecule has 0 aliphatic carbocycles. The molecule has 1 heterocycles. The number of aliphatic imine (C=N–C) groups is 1. The van der Waals surface area contributed by atoms with Crippen molar-refractivity contribution in [3.8, 4) is 5.75 Å². The van der Waals surface area contributed by atoms with Crippen LogP contribution in [0.2, 0.25) is 4.34 Å². The van der Waals surface area contributed by atoms with Gasteiger partial charge in [-0.1, -0.05) is 29.8 Å². The lowest BCUT2D eigenvalue weighted by molar-refractivity contribution is -0.0504. The smallest absolute Gasteiger partial charge is 0.387 e. The molecule has 25 heavy (non-hydrogen) atoms. The van der Waals surface area contributed by atoms with Gasteiger partial charge in [0.05, 0.1) is 4.34 Å². The quantitative estimate of drug-likeness (QED) is 0.333. The van der Waals surface area contributed by atoms with Gasteiger partial charge in [0.2, 0.25) is 0 Å². The number of para-hydroxylation sites is 1. The summed E-state index contributed by atoms with van der Waals surface area (Å²) in [6.07, 6.45) is 0.823. The summed E-state index contributed by atoms with van der Waals surface area (Å²) in [6, 6.07) is 10.5. The van der Waals surface area contributed by atoms with E-state index < -0.39 is 6.61 Å². The van der Waals surface area contributed by atoms with Gasteiger partial charge in [0.1, 0.15) is 5.75 Å². The lowest BCUT2D eigenvalue weighted by Crippen LogP contribution is -2.37. The van der Waals surface area contributed by atoms with E-state index in [1.165, 1.54) is 10.9 Å². The molecule has 0 aliphatic heterocycles. The van der Waals surface area contributed by atoms with Crippen LogP contribution in [0.5, 0.6) is 5.75 Å². The van der Waals surface area contributed by atoms with Crippen molar-refractivity contribution < 1.29 is 13.5 Å². The van der Waals surface area contributed by atoms with Crippen LogP contribution in [0.1, 0.15) is 10.4 Å². The van der Waals surface area contributed by atoms with Gasteiger partial charge in [-0.3, -0.25) is 4.99 Å². The topological polar surface area (TPSA) is 45.7 Å². The second-order valence-electron chi connectivity index (χ2n) is 4.79. The molecule has 0 saturated carbocycles. The van der Waals surface area contributed by atoms with Gasteiger partial charge in [-0.25, -0.2) is 0 Å². The van der Waals surface area contributed by atoms with Crippen LogP contribution in [0.3, 0.4) is 0 Å². The molecule has 2 rings (SSSR count). The van der Waals surface area contributed by atoms with E-state index in [0.717, 1.165) is 10.8 Å². The number of ether oxygens (including phenoxy) is 1. The number of rotatable bonds is 7. The maximum atomic E-state index is 12.4. The van der Waals surface area contributed by atoms with E-state index >= 15 is 0 Å². The molecule has 0 unspecified atom stereocenters. The third-order valence-electron chi connectivity index (χ3n) is 3.15. The molecule has 0 radical (unpaired) electrons. The Labute approximate surface area is 171 Å². The third kappa shape index (κ3) is 7.74. The molecule has 0 aliphatic rings. The molecule has 0 bridgehead atoms. The molecular weight excluding hydrogens is 483 g/mol. The van der Waals surface area contributed by atoms with Gasteiger partial charge in [-0.15, -0.1) is 35.3 Å². The van der Waals surface area contributed by atoms with E-state index in [-0.39, 0.29) is 29.7 Å². The van der Waals surface area contributed by atoms with Gasteiger partial charge >= 0.3 is 6.61 Å². The zero-order valence-electron chi connectivity index (χ0n) is 13.5. The van der Waals surface area contributed by atoms with E-state index in [1.807, 2.05) is 12.1 Å². The summed E-state index contributed by atoms with van der Waals surface area (Å²) >= 11 is 7.44. The fourth-order valence-electron chi connectivity index (χ4n) is 2.05. The average Bonchev–Trinajstić information content (AvgIpc) is 2.97. The van der Waals surface area contributed by atoms with E-state index in [1.54, 1.807) is 36.6 Å². The first-order valence-electron chi connectivity index (χ1n) is 7.30. The molecule has 0 amide bonds. The van der Waals surface area contributed by atoms with Crippen LogP contribution in [0, 0.1) is 0 Å². The summed E-state index contributed by atoms with van der Waals surface area (Å²) in [5, 5.41) is 6.25. The maximum Gasteiger partial charge on any atom is 0.387 e. The van der Waals surface area contributed by atoms with Crippen molar-refractivity contribution in [3.05, 3.63) is 51.2 Å². The predicted molar refractivity (Wildman–Crippen MR) is 110 cm³/mol. The van der Waals surface area contributed by atoms with Gasteiger partial charge in [0, 0.05) is 30.6 Å². The van der Waals surface area contributed by atoms with E-state index in [4.69, 9.17) is 11.6 Å². The molecule has 1 aromatic carbocycles. The Hall–Kier alpha value is -1.13. The van der Waals surface area contributed by atoms with Crippen molar-refractivity contribution in [1.29, 1.82) is 0 Å². The van der Waals surface area contributed by atoms with Crippen LogP contribution in [-0.2, 0) is 13.0 Å². The molecule has 1 aromatic heterocycles. The summed E-state index contributed by atoms with van der Waals surface area (Å²) < 4.78 is 30.1. The number of thiophene rings is 1. The Morgan fingerprint density at radius 1 is 1.24 bits per heavy atom. The van der Waals surface area contributed by atoms with Crippen molar-refractivity contribution >= 4 is 52.9 Å². The molecule has 2 N–H and O–H groups in total. The van der Waals surface area contributed by atoms with E-state index in [2.05, 4.69) is 20.4 Å². The number of alkyl halides is 2. The van der Waals surface area contributed by atoms with Crippen LogP contribution in [0.25, 0.3) is 0 Å². The zero-order chi connectivity index (χ0) is 17.4. The lowest BCUT2D eigenvalue weighted by Gasteiger charge is -2.14. The fraction of sp³-hybridized carbons (Fsp3) is 0.312. The third-order valence-corrected chi connectivity index (χ3v) is 4.44. The summed E-state index contributed by atoms with van der Waals surface area (Å²) in [5.74, 6) is 0.744. The predicted octanol–water partition coefficient (Wildman–Crippen LogP) is 4.53. The minimum absolute atomic E-state index is 0. The molecule has 4 nitrogen and oxygen atoms in total. The van der Waals surface area contributed by atoms with Crippen LogP contribution >= 0.6 is 46.9 Å². The summed E-state index contributed by atoms with van der Waals surface area (Å²) in [6.45, 7) is -1.83. The van der Waals surface area contributed by atoms with Crippen LogP contribution in [-0.4, -0.2) is 26.2 Å². The van der Waals surface area contributed by atoms with Gasteiger partial charge < -0.3 is 15.4 Å². The Balaban J connectivity index is 0.00000312. The standard InChI is InChI=1S/C16H18ClF2N3OS.HI/c1-20-16(21-9-8-12-6-7-14(17)24-12)22-10-11-4-2-3-5-13(11)23-15(18)19;/h2-7,15H,8-10H2,1H3,(H2,20,21,22);1H. The molecule has 0 spiro atoms. The van der Waals surface area contributed by atoms with E-state index in [0.29, 0.717) is 24.6 Å². The van der Waals surface area contributed by atoms with Gasteiger partial charge in [-0.05, 0) is 24.6 Å². The Kier molecular flexibility index (Phi) is 10.1. The van der Waals surface area contributed by atoms with Gasteiger partial charge in [0.25, 0.3) is 0 Å². The Bertz CT molecular complexity index is 685. The minimum atomic E-state index is -2.85. The molecule has 0 fully saturated rings. The summed E-state index contributed by atoms with van der Waals surface area (Å²) in [5.41, 5.74) is 0.630. The molecule has 0 saturated heterocycles. The number of nitrogens with one attached hydrogen (secondary N) is 2. The Morgan fingerprint density at radius 3 is 2.64 bits per heavy atom.